The molecule has 9 heteroatoms. The van der Waals surface area contributed by atoms with E-state index in [0.717, 1.165) is 30.7 Å². The Labute approximate surface area is 240 Å². The van der Waals surface area contributed by atoms with Crippen LogP contribution in [-0.2, 0) is 7.61 Å². The second kappa shape index (κ2) is 13.5. The van der Waals surface area contributed by atoms with Crippen molar-refractivity contribution in [1.82, 2.24) is 0 Å². The molecule has 1 fully saturated rings. The van der Waals surface area contributed by atoms with Crippen molar-refractivity contribution < 1.29 is 32.5 Å². The van der Waals surface area contributed by atoms with Crippen LogP contribution < -0.4 is 0 Å². The molecule has 5 rings (SSSR count). The third kappa shape index (κ3) is 6.61. The van der Waals surface area contributed by atoms with Gasteiger partial charge in [-0.25, -0.2) is 4.79 Å². The quantitative estimate of drug-likeness (QED) is 0.225. The molecular weight excluding hydrogens is 705 g/mol. The van der Waals surface area contributed by atoms with Crippen LogP contribution in [0.2, 0.25) is 5.02 Å². The van der Waals surface area contributed by atoms with E-state index in [0.29, 0.717) is 22.6 Å². The van der Waals surface area contributed by atoms with E-state index in [1.54, 1.807) is 36.4 Å². The molecule has 3 N–H and O–H groups in total. The summed E-state index contributed by atoms with van der Waals surface area (Å²) in [6, 6.07) is 20.5. The summed E-state index contributed by atoms with van der Waals surface area (Å²) in [5.41, 5.74) is 2.27. The Morgan fingerprint density at radius 3 is 1.82 bits per heavy atom. The summed E-state index contributed by atoms with van der Waals surface area (Å²) in [6.45, 7) is 0. The Hall–Kier alpha value is -3.22. The van der Waals surface area contributed by atoms with Crippen LogP contribution >= 0.6 is 11.6 Å². The zero-order valence-electron chi connectivity index (χ0n) is 20.2. The van der Waals surface area contributed by atoms with Crippen molar-refractivity contribution in [1.29, 1.82) is 0 Å². The molecule has 2 aliphatic carbocycles. The number of aliphatic hydroxyl groups excluding tert-OH is 1. The summed E-state index contributed by atoms with van der Waals surface area (Å²) in [5.74, 6) is -2.02. The van der Waals surface area contributed by atoms with Gasteiger partial charge in [0, 0.05) is 21.7 Å². The third-order valence-electron chi connectivity index (χ3n) is 6.74. The molecule has 195 valence electrons. The van der Waals surface area contributed by atoms with Crippen LogP contribution in [0.15, 0.2) is 78.4 Å². The summed E-state index contributed by atoms with van der Waals surface area (Å²) >= 11 is 6.15. The van der Waals surface area contributed by atoms with E-state index in [-0.39, 0.29) is 47.7 Å². The molecule has 0 atom stereocenters. The van der Waals surface area contributed by atoms with E-state index >= 15 is 0 Å². The van der Waals surface area contributed by atoms with Crippen LogP contribution in [0.1, 0.15) is 63.4 Å². The molecule has 0 aromatic heterocycles. The van der Waals surface area contributed by atoms with Gasteiger partial charge >= 0.3 is 33.5 Å². The van der Waals surface area contributed by atoms with E-state index < -0.39 is 17.5 Å². The van der Waals surface area contributed by atoms with Crippen molar-refractivity contribution in [2.75, 3.05) is 0 Å². The van der Waals surface area contributed by atoms with Gasteiger partial charge < -0.3 is 15.3 Å². The molecule has 3 aromatic rings. The van der Waals surface area contributed by atoms with Gasteiger partial charge in [0.15, 0.2) is 0 Å². The van der Waals surface area contributed by atoms with Crippen molar-refractivity contribution in [3.8, 4) is 5.75 Å². The van der Waals surface area contributed by atoms with E-state index in [1.165, 1.54) is 17.7 Å². The van der Waals surface area contributed by atoms with Gasteiger partial charge in [-0.15, -0.1) is 0 Å². The number of carboxylic acids is 1. The molecule has 0 unspecified atom stereocenters. The van der Waals surface area contributed by atoms with E-state index in [2.05, 4.69) is 12.1 Å². The molecule has 0 aliphatic heterocycles. The average Bonchev–Trinajstić information content (AvgIpc) is 2.94. The molecule has 1 saturated carbocycles. The fourth-order valence-corrected chi connectivity index (χ4v) is 4.99. The predicted octanol–water partition coefficient (Wildman–Crippen LogP) is 5.94. The number of carboxylic acid groups (broad SMARTS) is 1. The number of carbonyl (C=O) groups excluding carboxylic acids is 2. The number of hydrogen-bond donors (Lipinski definition) is 3. The minimum atomic E-state index is -1.11. The van der Waals surface area contributed by atoms with Crippen molar-refractivity contribution in [3.05, 3.63) is 106 Å². The van der Waals surface area contributed by atoms with Gasteiger partial charge in [0.05, 0.1) is 0 Å². The molecule has 7 nitrogen and oxygen atoms in total. The molecule has 38 heavy (non-hydrogen) atoms. The number of benzene rings is 3. The van der Waals surface area contributed by atoms with Gasteiger partial charge in [-0.3, -0.25) is 9.59 Å². The summed E-state index contributed by atoms with van der Waals surface area (Å²) in [4.78, 5) is 35.3. The third-order valence-corrected chi connectivity index (χ3v) is 7.00. The number of para-hydroxylation sites is 1. The van der Waals surface area contributed by atoms with Gasteiger partial charge in [0.2, 0.25) is 11.6 Å². The number of rotatable bonds is 3. The average molecular weight is 730 g/mol. The van der Waals surface area contributed by atoms with Crippen molar-refractivity contribution in [2.24, 2.45) is 5.92 Å². The van der Waals surface area contributed by atoms with Crippen LogP contribution in [0, 0.1) is 5.92 Å². The summed E-state index contributed by atoms with van der Waals surface area (Å²) in [7, 11) is 0. The Balaban J connectivity index is 0.000000280. The Kier molecular flexibility index (Phi) is 10.5. The molecular formula is C29H25BiClO7. The SMILES string of the molecule is O=C(O)c1ccccc1O.O=C1C(=O)c2ccccc2C(O)=C1C1CCC(c2ccc(Cl)cc2)CC1.[O]=[Bi]. The minimum absolute atomic E-state index is 0.0138. The van der Waals surface area contributed by atoms with Gasteiger partial charge in [0.25, 0.3) is 0 Å². The maximum absolute atomic E-state index is 12.6. The van der Waals surface area contributed by atoms with Crippen LogP contribution in [0.4, 0.5) is 0 Å². The first-order valence-electron chi connectivity index (χ1n) is 11.8. The van der Waals surface area contributed by atoms with Crippen LogP contribution in [0.25, 0.3) is 5.76 Å². The van der Waals surface area contributed by atoms with Crippen LogP contribution in [0.5, 0.6) is 5.75 Å². The number of phenols is 1. The number of Topliss-reactive ketones (excluding diaryl/α,β-unsaturated/α-hetero) is 2. The normalized spacial score (nSPS) is 18.3. The topological polar surface area (TPSA) is 129 Å². The second-order valence-electron chi connectivity index (χ2n) is 8.89. The molecule has 0 bridgehead atoms. The molecule has 0 saturated heterocycles. The number of aromatic hydroxyl groups is 1. The maximum atomic E-state index is 12.6. The fraction of sp³-hybridized carbons (Fsp3) is 0.207. The molecule has 1 radical (unpaired) electrons. The van der Waals surface area contributed by atoms with E-state index in [4.69, 9.17) is 24.6 Å². The first kappa shape index (κ1) is 29.3. The summed E-state index contributed by atoms with van der Waals surface area (Å²) < 4.78 is 8.36. The number of aromatic carboxylic acids is 1. The molecule has 0 spiro atoms. The predicted molar refractivity (Wildman–Crippen MR) is 143 cm³/mol. The number of hydrogen-bond acceptors (Lipinski definition) is 6. The van der Waals surface area contributed by atoms with Crippen LogP contribution in [-0.4, -0.2) is 57.6 Å². The molecule has 2 aliphatic rings. The number of ketones is 2. The van der Waals surface area contributed by atoms with Gasteiger partial charge in [-0.1, -0.05) is 60.1 Å². The van der Waals surface area contributed by atoms with Gasteiger partial charge in [-0.2, -0.15) is 0 Å². The molecule has 0 amide bonds. The molecule has 0 heterocycles. The Morgan fingerprint density at radius 1 is 0.737 bits per heavy atom. The number of halogens is 1. The van der Waals surface area contributed by atoms with Crippen molar-refractivity contribution in [3.63, 3.8) is 0 Å². The van der Waals surface area contributed by atoms with Crippen molar-refractivity contribution in [2.45, 2.75) is 31.6 Å². The van der Waals surface area contributed by atoms with Gasteiger partial charge in [0.1, 0.15) is 17.1 Å². The zero-order chi connectivity index (χ0) is 27.8. The first-order valence-corrected chi connectivity index (χ1v) is 13.6. The second-order valence-corrected chi connectivity index (χ2v) is 9.32. The molecule has 3 aromatic carbocycles. The monoisotopic (exact) mass is 729 g/mol. The van der Waals surface area contributed by atoms with E-state index in [9.17, 15) is 19.5 Å². The standard InChI is InChI=1S/C22H19ClO3.C7H6O3.Bi.O/c23-16-11-9-14(10-12-16)13-5-7-15(8-6-13)19-20(24)17-3-1-2-4-18(17)21(25)22(19)26;8-6-4-2-1-3-5(6)7(9)10;;/h1-4,9-13,15,24H,5-8H2;1-4,8H,(H,9,10);;. The zero-order valence-corrected chi connectivity index (χ0v) is 24.4. The number of aliphatic hydroxyl groups is 1. The first-order chi connectivity index (χ1) is 18.3. The Bertz CT molecular complexity index is 1360. The summed E-state index contributed by atoms with van der Waals surface area (Å²) in [5, 5.41) is 28.7. The van der Waals surface area contributed by atoms with Crippen LogP contribution in [0.3, 0.4) is 0 Å². The summed E-state index contributed by atoms with van der Waals surface area (Å²) in [6.07, 6.45) is 3.42. The van der Waals surface area contributed by atoms with E-state index in [1.807, 2.05) is 12.1 Å². The Morgan fingerprint density at radius 2 is 1.26 bits per heavy atom. The fourth-order valence-electron chi connectivity index (χ4n) is 4.87. The number of allylic oxidation sites excluding steroid dienone is 1. The van der Waals surface area contributed by atoms with Gasteiger partial charge in [-0.05, 0) is 67.3 Å². The number of fused-ring (bicyclic) bond motifs is 1. The number of carbonyl (C=O) groups is 3. The van der Waals surface area contributed by atoms with Crippen molar-refractivity contribution >= 4 is 59.6 Å².